The second kappa shape index (κ2) is 5.74. The molecule has 1 saturated carbocycles. The van der Waals surface area contributed by atoms with Crippen LogP contribution in [0, 0.1) is 5.41 Å². The molecule has 0 aliphatic heterocycles. The normalized spacial score (nSPS) is 28.4. The Hall–Kier alpha value is -1.69. The van der Waals surface area contributed by atoms with E-state index in [0.717, 1.165) is 5.56 Å². The molecule has 122 valence electrons. The molecule has 6 heteroatoms. The molecule has 2 atom stereocenters. The van der Waals surface area contributed by atoms with Gasteiger partial charge in [-0.2, -0.15) is 5.10 Å². The van der Waals surface area contributed by atoms with Gasteiger partial charge in [-0.15, -0.1) is 0 Å². The van der Waals surface area contributed by atoms with E-state index < -0.39 is 17.1 Å². The van der Waals surface area contributed by atoms with Gasteiger partial charge in [0.05, 0.1) is 12.6 Å². The first kappa shape index (κ1) is 16.2. The highest BCUT2D eigenvalue weighted by Gasteiger charge is 2.55. The van der Waals surface area contributed by atoms with E-state index >= 15 is 0 Å². The summed E-state index contributed by atoms with van der Waals surface area (Å²) in [6.45, 7) is 4.15. The van der Waals surface area contributed by atoms with Gasteiger partial charge in [0.15, 0.2) is 0 Å². The van der Waals surface area contributed by atoms with Crippen LogP contribution in [-0.4, -0.2) is 36.7 Å². The minimum atomic E-state index is -1.21. The van der Waals surface area contributed by atoms with Crippen molar-refractivity contribution in [3.05, 3.63) is 53.1 Å². The van der Waals surface area contributed by atoms with Crippen molar-refractivity contribution in [2.75, 3.05) is 0 Å². The summed E-state index contributed by atoms with van der Waals surface area (Å²) in [6.07, 6.45) is 4.63. The lowest BCUT2D eigenvalue weighted by atomic mass is 9.76. The average Bonchev–Trinajstić information content (AvgIpc) is 3.03. The maximum atomic E-state index is 11.4. The van der Waals surface area contributed by atoms with Gasteiger partial charge in [-0.25, -0.2) is 9.67 Å². The van der Waals surface area contributed by atoms with Crippen molar-refractivity contribution in [1.82, 2.24) is 14.8 Å². The molecule has 23 heavy (non-hydrogen) atoms. The molecule has 2 N–H and O–H groups in total. The lowest BCUT2D eigenvalue weighted by Gasteiger charge is -2.37. The molecule has 0 amide bonds. The Morgan fingerprint density at radius 1 is 1.35 bits per heavy atom. The van der Waals surface area contributed by atoms with Gasteiger partial charge in [-0.05, 0) is 29.7 Å². The van der Waals surface area contributed by atoms with Gasteiger partial charge in [0, 0.05) is 10.4 Å². The van der Waals surface area contributed by atoms with Gasteiger partial charge in [0.1, 0.15) is 18.3 Å². The third-order valence-corrected chi connectivity index (χ3v) is 4.96. The fraction of sp³-hybridized carbons (Fsp3) is 0.412. The van der Waals surface area contributed by atoms with Crippen molar-refractivity contribution < 1.29 is 10.2 Å². The minimum Gasteiger partial charge on any atom is -0.389 e. The summed E-state index contributed by atoms with van der Waals surface area (Å²) >= 11 is 5.92. The molecule has 1 aromatic carbocycles. The molecule has 1 aromatic heterocycles. The SMILES string of the molecule is CC1(C)C[C@@H](O)/C(=C/c2ccc(Cl)cc2)[C@@]1(O)Cn1cncn1. The van der Waals surface area contributed by atoms with Crippen molar-refractivity contribution in [3.63, 3.8) is 0 Å². The summed E-state index contributed by atoms with van der Waals surface area (Å²) in [4.78, 5) is 3.92. The van der Waals surface area contributed by atoms with Gasteiger partial charge < -0.3 is 10.2 Å². The molecule has 0 saturated heterocycles. The first-order chi connectivity index (χ1) is 10.8. The van der Waals surface area contributed by atoms with Crippen LogP contribution in [0.3, 0.4) is 0 Å². The zero-order chi connectivity index (χ0) is 16.7. The maximum absolute atomic E-state index is 11.4. The standard InChI is InChI=1S/C17H20ClN3O2/c1-16(2)8-15(22)14(7-12-3-5-13(18)6-4-12)17(16,23)9-21-11-19-10-20-21/h3-7,10-11,15,22-23H,8-9H2,1-2H3/b14-7-/t15-,17+/m1/s1. The van der Waals surface area contributed by atoms with Gasteiger partial charge in [-0.1, -0.05) is 43.7 Å². The summed E-state index contributed by atoms with van der Waals surface area (Å²) in [6, 6.07) is 7.31. The zero-order valence-corrected chi connectivity index (χ0v) is 13.9. The molecule has 0 radical (unpaired) electrons. The lowest BCUT2D eigenvalue weighted by molar-refractivity contribution is -0.0298. The molecule has 2 aromatic rings. The third-order valence-electron chi connectivity index (χ3n) is 4.71. The number of aromatic nitrogens is 3. The molecule has 1 aliphatic rings. The van der Waals surface area contributed by atoms with Crippen LogP contribution in [0.15, 0.2) is 42.5 Å². The highest BCUT2D eigenvalue weighted by atomic mass is 35.5. The molecule has 1 aliphatic carbocycles. The molecule has 5 nitrogen and oxygen atoms in total. The summed E-state index contributed by atoms with van der Waals surface area (Å²) in [5.74, 6) is 0. The smallest absolute Gasteiger partial charge is 0.137 e. The first-order valence-electron chi connectivity index (χ1n) is 7.52. The van der Waals surface area contributed by atoms with E-state index in [2.05, 4.69) is 10.1 Å². The summed E-state index contributed by atoms with van der Waals surface area (Å²) in [7, 11) is 0. The molecule has 1 fully saturated rings. The highest BCUT2D eigenvalue weighted by molar-refractivity contribution is 6.30. The van der Waals surface area contributed by atoms with Gasteiger partial charge >= 0.3 is 0 Å². The first-order valence-corrected chi connectivity index (χ1v) is 7.90. The summed E-state index contributed by atoms with van der Waals surface area (Å²) in [5, 5.41) is 26.6. The van der Waals surface area contributed by atoms with E-state index in [1.807, 2.05) is 32.1 Å². The van der Waals surface area contributed by atoms with E-state index in [-0.39, 0.29) is 6.54 Å². The van der Waals surface area contributed by atoms with E-state index in [9.17, 15) is 10.2 Å². The predicted octanol–water partition coefficient (Wildman–Crippen LogP) is 2.54. The van der Waals surface area contributed by atoms with Crippen LogP contribution in [0.4, 0.5) is 0 Å². The minimum absolute atomic E-state index is 0.247. The van der Waals surface area contributed by atoms with Crippen LogP contribution in [0.25, 0.3) is 6.08 Å². The Morgan fingerprint density at radius 3 is 2.65 bits per heavy atom. The second-order valence-corrected chi connectivity index (χ2v) is 7.14. The number of benzene rings is 1. The van der Waals surface area contributed by atoms with Gasteiger partial charge in [-0.3, -0.25) is 0 Å². The van der Waals surface area contributed by atoms with Crippen LogP contribution < -0.4 is 0 Å². The molecule has 0 unspecified atom stereocenters. The number of halogens is 1. The number of nitrogens with zero attached hydrogens (tertiary/aromatic N) is 3. The van der Waals surface area contributed by atoms with Crippen molar-refractivity contribution >= 4 is 17.7 Å². The fourth-order valence-corrected chi connectivity index (χ4v) is 3.36. The summed E-state index contributed by atoms with van der Waals surface area (Å²) in [5.41, 5.74) is -0.213. The quantitative estimate of drug-likeness (QED) is 0.905. The van der Waals surface area contributed by atoms with Crippen LogP contribution in [-0.2, 0) is 6.54 Å². The maximum Gasteiger partial charge on any atom is 0.137 e. The van der Waals surface area contributed by atoms with E-state index in [1.165, 1.54) is 6.33 Å². The van der Waals surface area contributed by atoms with Crippen LogP contribution in [0.5, 0.6) is 0 Å². The number of rotatable bonds is 3. The van der Waals surface area contributed by atoms with Crippen molar-refractivity contribution in [1.29, 1.82) is 0 Å². The molecule has 0 bridgehead atoms. The monoisotopic (exact) mass is 333 g/mol. The van der Waals surface area contributed by atoms with E-state index in [1.54, 1.807) is 23.1 Å². The van der Waals surface area contributed by atoms with Gasteiger partial charge in [0.25, 0.3) is 0 Å². The fourth-order valence-electron chi connectivity index (χ4n) is 3.24. The lowest BCUT2D eigenvalue weighted by Crippen LogP contribution is -2.45. The van der Waals surface area contributed by atoms with E-state index in [4.69, 9.17) is 11.6 Å². The largest absolute Gasteiger partial charge is 0.389 e. The molecular formula is C17H20ClN3O2. The highest BCUT2D eigenvalue weighted by Crippen LogP contribution is 2.50. The topological polar surface area (TPSA) is 71.2 Å². The van der Waals surface area contributed by atoms with Crippen LogP contribution >= 0.6 is 11.6 Å². The molecular weight excluding hydrogens is 314 g/mol. The Kier molecular flexibility index (Phi) is 4.04. The molecule has 1 heterocycles. The number of hydrogen-bond donors (Lipinski definition) is 2. The predicted molar refractivity (Wildman–Crippen MR) is 88.8 cm³/mol. The van der Waals surface area contributed by atoms with Crippen LogP contribution in [0.1, 0.15) is 25.8 Å². The Bertz CT molecular complexity index is 710. The van der Waals surface area contributed by atoms with Crippen molar-refractivity contribution in [2.45, 2.75) is 38.5 Å². The Morgan fingerprint density at radius 2 is 2.04 bits per heavy atom. The second-order valence-electron chi connectivity index (χ2n) is 6.71. The summed E-state index contributed by atoms with van der Waals surface area (Å²) < 4.78 is 1.59. The van der Waals surface area contributed by atoms with Gasteiger partial charge in [0.2, 0.25) is 0 Å². The number of aliphatic hydroxyl groups excluding tert-OH is 1. The number of hydrogen-bond acceptors (Lipinski definition) is 4. The molecule has 0 spiro atoms. The molecule has 3 rings (SSSR count). The third kappa shape index (κ3) is 2.92. The van der Waals surface area contributed by atoms with Crippen molar-refractivity contribution in [3.8, 4) is 0 Å². The van der Waals surface area contributed by atoms with E-state index in [0.29, 0.717) is 17.0 Å². The van der Waals surface area contributed by atoms with Crippen molar-refractivity contribution in [2.24, 2.45) is 5.41 Å². The average molecular weight is 334 g/mol. The Labute approximate surface area is 140 Å². The van der Waals surface area contributed by atoms with Crippen LogP contribution in [0.2, 0.25) is 5.02 Å². The number of aliphatic hydroxyl groups is 2. The zero-order valence-electron chi connectivity index (χ0n) is 13.1. The Balaban J connectivity index is 2.03.